The van der Waals surface area contributed by atoms with Crippen molar-refractivity contribution in [2.24, 2.45) is 5.92 Å². The summed E-state index contributed by atoms with van der Waals surface area (Å²) in [6.07, 6.45) is 1.38. The van der Waals surface area contributed by atoms with Crippen LogP contribution in [0.2, 0.25) is 0 Å². The summed E-state index contributed by atoms with van der Waals surface area (Å²) in [4.78, 5) is 7.49. The van der Waals surface area contributed by atoms with Crippen LogP contribution in [-0.2, 0) is 0 Å². The SMILES string of the molecule is CN1CCC(CN(C)CN2CCNCC2)C1. The molecule has 1 unspecified atom stereocenters. The van der Waals surface area contributed by atoms with Gasteiger partial charge >= 0.3 is 0 Å². The van der Waals surface area contributed by atoms with Crippen molar-refractivity contribution in [2.45, 2.75) is 6.42 Å². The maximum atomic E-state index is 3.40. The molecule has 1 atom stereocenters. The topological polar surface area (TPSA) is 21.8 Å². The Morgan fingerprint density at radius 3 is 2.62 bits per heavy atom. The van der Waals surface area contributed by atoms with Crippen molar-refractivity contribution in [3.8, 4) is 0 Å². The van der Waals surface area contributed by atoms with Crippen molar-refractivity contribution in [2.75, 3.05) is 66.6 Å². The van der Waals surface area contributed by atoms with Gasteiger partial charge in [-0.3, -0.25) is 9.80 Å². The third-order valence-electron chi connectivity index (χ3n) is 3.71. The average molecular weight is 226 g/mol. The summed E-state index contributed by atoms with van der Waals surface area (Å²) in [5.74, 6) is 0.887. The fourth-order valence-corrected chi connectivity index (χ4v) is 2.87. The fraction of sp³-hybridized carbons (Fsp3) is 1.00. The van der Waals surface area contributed by atoms with Gasteiger partial charge in [-0.2, -0.15) is 0 Å². The molecule has 0 saturated carbocycles. The highest BCUT2D eigenvalue weighted by atomic mass is 15.3. The highest BCUT2D eigenvalue weighted by Gasteiger charge is 2.21. The molecule has 2 heterocycles. The van der Waals surface area contributed by atoms with E-state index in [0.29, 0.717) is 0 Å². The molecule has 0 bridgehead atoms. The molecule has 2 rings (SSSR count). The molecule has 0 aromatic rings. The molecule has 0 aromatic heterocycles. The van der Waals surface area contributed by atoms with E-state index in [4.69, 9.17) is 0 Å². The van der Waals surface area contributed by atoms with E-state index in [9.17, 15) is 0 Å². The molecule has 16 heavy (non-hydrogen) atoms. The lowest BCUT2D eigenvalue weighted by Gasteiger charge is -2.32. The molecule has 2 fully saturated rings. The second kappa shape index (κ2) is 5.96. The van der Waals surface area contributed by atoms with Crippen molar-refractivity contribution in [3.05, 3.63) is 0 Å². The molecule has 94 valence electrons. The maximum absolute atomic E-state index is 3.40. The maximum Gasteiger partial charge on any atom is 0.0504 e. The highest BCUT2D eigenvalue weighted by molar-refractivity contribution is 4.76. The van der Waals surface area contributed by atoms with Crippen LogP contribution in [0.25, 0.3) is 0 Å². The van der Waals surface area contributed by atoms with Crippen LogP contribution in [0.1, 0.15) is 6.42 Å². The molecule has 2 saturated heterocycles. The van der Waals surface area contributed by atoms with Crippen molar-refractivity contribution in [3.63, 3.8) is 0 Å². The van der Waals surface area contributed by atoms with Gasteiger partial charge in [0.2, 0.25) is 0 Å². The van der Waals surface area contributed by atoms with Gasteiger partial charge in [-0.05, 0) is 33.0 Å². The summed E-state index contributed by atoms with van der Waals surface area (Å²) in [6.45, 7) is 9.68. The zero-order valence-corrected chi connectivity index (χ0v) is 10.8. The molecule has 0 aromatic carbocycles. The first-order chi connectivity index (χ1) is 7.74. The minimum absolute atomic E-state index is 0.887. The molecule has 1 N–H and O–H groups in total. The zero-order valence-electron chi connectivity index (χ0n) is 10.8. The number of nitrogens with one attached hydrogen (secondary N) is 1. The van der Waals surface area contributed by atoms with Gasteiger partial charge < -0.3 is 10.2 Å². The van der Waals surface area contributed by atoms with Gasteiger partial charge in [0.15, 0.2) is 0 Å². The summed E-state index contributed by atoms with van der Waals surface area (Å²) in [5.41, 5.74) is 0. The van der Waals surface area contributed by atoms with Crippen LogP contribution in [0.3, 0.4) is 0 Å². The lowest BCUT2D eigenvalue weighted by atomic mass is 10.1. The van der Waals surface area contributed by atoms with E-state index in [0.717, 1.165) is 25.7 Å². The summed E-state index contributed by atoms with van der Waals surface area (Å²) >= 11 is 0. The number of hydrogen-bond donors (Lipinski definition) is 1. The first-order valence-corrected chi connectivity index (χ1v) is 6.54. The monoisotopic (exact) mass is 226 g/mol. The molecule has 2 aliphatic heterocycles. The van der Waals surface area contributed by atoms with Gasteiger partial charge in [0.25, 0.3) is 0 Å². The van der Waals surface area contributed by atoms with Crippen LogP contribution in [0.5, 0.6) is 0 Å². The fourth-order valence-electron chi connectivity index (χ4n) is 2.87. The average Bonchev–Trinajstić information content (AvgIpc) is 2.65. The van der Waals surface area contributed by atoms with Crippen LogP contribution in [-0.4, -0.2) is 81.3 Å². The van der Waals surface area contributed by atoms with E-state index in [1.807, 2.05) is 0 Å². The number of likely N-dealkylation sites (tertiary alicyclic amines) is 1. The number of piperazine rings is 1. The van der Waals surface area contributed by atoms with Gasteiger partial charge in [0.05, 0.1) is 6.67 Å². The molecule has 0 amide bonds. The minimum Gasteiger partial charge on any atom is -0.314 e. The lowest BCUT2D eigenvalue weighted by Crippen LogP contribution is -2.48. The van der Waals surface area contributed by atoms with Gasteiger partial charge in [-0.15, -0.1) is 0 Å². The summed E-state index contributed by atoms with van der Waals surface area (Å²) in [5, 5.41) is 3.40. The Hall–Kier alpha value is -0.160. The molecular formula is C12H26N4. The number of nitrogens with zero attached hydrogens (tertiary/aromatic N) is 3. The predicted molar refractivity (Wildman–Crippen MR) is 67.5 cm³/mol. The first kappa shape index (κ1) is 12.3. The standard InChI is InChI=1S/C12H26N4/c1-14-6-3-12(9-14)10-15(2)11-16-7-4-13-5-8-16/h12-13H,3-11H2,1-2H3. The lowest BCUT2D eigenvalue weighted by molar-refractivity contribution is 0.127. The Kier molecular flexibility index (Phi) is 4.58. The van der Waals surface area contributed by atoms with E-state index < -0.39 is 0 Å². The van der Waals surface area contributed by atoms with Crippen LogP contribution in [0.4, 0.5) is 0 Å². The van der Waals surface area contributed by atoms with E-state index in [1.165, 1.54) is 39.1 Å². The van der Waals surface area contributed by atoms with E-state index in [2.05, 4.69) is 34.1 Å². The summed E-state index contributed by atoms with van der Waals surface area (Å²) in [7, 11) is 4.50. The van der Waals surface area contributed by atoms with Gasteiger partial charge in [0, 0.05) is 39.3 Å². The Bertz CT molecular complexity index is 196. The van der Waals surface area contributed by atoms with Gasteiger partial charge in [0.1, 0.15) is 0 Å². The van der Waals surface area contributed by atoms with Crippen LogP contribution < -0.4 is 5.32 Å². The molecule has 0 spiro atoms. The van der Waals surface area contributed by atoms with E-state index in [-0.39, 0.29) is 0 Å². The second-order valence-electron chi connectivity index (χ2n) is 5.47. The Morgan fingerprint density at radius 2 is 2.00 bits per heavy atom. The van der Waals surface area contributed by atoms with Crippen molar-refractivity contribution >= 4 is 0 Å². The number of hydrogen-bond acceptors (Lipinski definition) is 4. The zero-order chi connectivity index (χ0) is 11.4. The third kappa shape index (κ3) is 3.70. The smallest absolute Gasteiger partial charge is 0.0504 e. The third-order valence-corrected chi connectivity index (χ3v) is 3.71. The first-order valence-electron chi connectivity index (χ1n) is 6.54. The molecule has 0 aliphatic carbocycles. The Balaban J connectivity index is 1.65. The largest absolute Gasteiger partial charge is 0.314 e. The van der Waals surface area contributed by atoms with Gasteiger partial charge in [-0.1, -0.05) is 0 Å². The van der Waals surface area contributed by atoms with Crippen LogP contribution in [0, 0.1) is 5.92 Å². The Labute approximate surface area is 99.6 Å². The second-order valence-corrected chi connectivity index (χ2v) is 5.47. The summed E-state index contributed by atoms with van der Waals surface area (Å²) in [6, 6.07) is 0. The minimum atomic E-state index is 0.887. The van der Waals surface area contributed by atoms with Crippen molar-refractivity contribution < 1.29 is 0 Å². The molecule has 4 nitrogen and oxygen atoms in total. The molecule has 2 aliphatic rings. The van der Waals surface area contributed by atoms with Crippen LogP contribution >= 0.6 is 0 Å². The van der Waals surface area contributed by atoms with E-state index in [1.54, 1.807) is 0 Å². The molecule has 4 heteroatoms. The van der Waals surface area contributed by atoms with Crippen LogP contribution in [0.15, 0.2) is 0 Å². The number of rotatable bonds is 4. The highest BCUT2D eigenvalue weighted by Crippen LogP contribution is 2.15. The summed E-state index contributed by atoms with van der Waals surface area (Å²) < 4.78 is 0. The quantitative estimate of drug-likeness (QED) is 0.712. The van der Waals surface area contributed by atoms with Gasteiger partial charge in [-0.25, -0.2) is 0 Å². The molecule has 0 radical (unpaired) electrons. The van der Waals surface area contributed by atoms with Crippen molar-refractivity contribution in [1.82, 2.24) is 20.0 Å². The Morgan fingerprint density at radius 1 is 1.25 bits per heavy atom. The van der Waals surface area contributed by atoms with Crippen molar-refractivity contribution in [1.29, 1.82) is 0 Å². The van der Waals surface area contributed by atoms with E-state index >= 15 is 0 Å². The normalized spacial score (nSPS) is 29.1. The molecular weight excluding hydrogens is 200 g/mol. The predicted octanol–water partition coefficient (Wildman–Crippen LogP) is -0.267.